The van der Waals surface area contributed by atoms with Crippen LogP contribution in [0.4, 0.5) is 4.39 Å². The van der Waals surface area contributed by atoms with Gasteiger partial charge < -0.3 is 10.2 Å². The van der Waals surface area contributed by atoms with E-state index in [0.29, 0.717) is 24.2 Å². The highest BCUT2D eigenvalue weighted by atomic mass is 32.1. The van der Waals surface area contributed by atoms with Crippen molar-refractivity contribution in [2.75, 3.05) is 6.54 Å². The molecule has 0 aliphatic heterocycles. The van der Waals surface area contributed by atoms with Crippen LogP contribution in [-0.2, 0) is 13.1 Å². The molecule has 0 bridgehead atoms. The summed E-state index contributed by atoms with van der Waals surface area (Å²) in [5.74, 6) is 0.612. The molecule has 5 heteroatoms. The number of nitrogens with zero attached hydrogens (tertiary/aromatic N) is 1. The number of furan rings is 1. The molecule has 0 atom stereocenters. The van der Waals surface area contributed by atoms with E-state index in [1.165, 1.54) is 6.07 Å². The van der Waals surface area contributed by atoms with Gasteiger partial charge in [-0.25, -0.2) is 4.39 Å². The van der Waals surface area contributed by atoms with Crippen molar-refractivity contribution in [2.45, 2.75) is 20.0 Å². The minimum absolute atomic E-state index is 0.247. The van der Waals surface area contributed by atoms with Crippen LogP contribution in [0.3, 0.4) is 0 Å². The van der Waals surface area contributed by atoms with Gasteiger partial charge >= 0.3 is 0 Å². The largest absolute Gasteiger partial charge is 0.468 e. The fraction of sp³-hybridized carbons (Fsp3) is 0.267. The van der Waals surface area contributed by atoms with Crippen LogP contribution in [-0.4, -0.2) is 16.4 Å². The Balaban J connectivity index is 2.14. The second-order valence-corrected chi connectivity index (χ2v) is 4.99. The molecule has 20 heavy (non-hydrogen) atoms. The molecular formula is C15H17FN2OS. The molecule has 2 N–H and O–H groups in total. The third-order valence-corrected chi connectivity index (χ3v) is 3.37. The molecule has 0 radical (unpaired) electrons. The highest BCUT2D eigenvalue weighted by Gasteiger charge is 2.11. The number of nitrogens with two attached hydrogens (primary N) is 1. The molecule has 0 saturated heterocycles. The minimum atomic E-state index is -0.247. The van der Waals surface area contributed by atoms with E-state index in [0.717, 1.165) is 12.3 Å². The van der Waals surface area contributed by atoms with Crippen LogP contribution >= 0.6 is 12.2 Å². The summed E-state index contributed by atoms with van der Waals surface area (Å²) in [4.78, 5) is 2.36. The predicted octanol–water partition coefficient (Wildman–Crippen LogP) is 3.08. The second-order valence-electron chi connectivity index (χ2n) is 4.55. The van der Waals surface area contributed by atoms with Crippen molar-refractivity contribution in [2.24, 2.45) is 5.73 Å². The number of rotatable bonds is 6. The lowest BCUT2D eigenvalue weighted by molar-refractivity contribution is 0.244. The highest BCUT2D eigenvalue weighted by molar-refractivity contribution is 7.80. The van der Waals surface area contributed by atoms with Crippen LogP contribution in [0.2, 0.25) is 0 Å². The lowest BCUT2D eigenvalue weighted by atomic mass is 10.1. The Morgan fingerprint density at radius 2 is 2.15 bits per heavy atom. The standard InChI is InChI=1S/C15H17FN2OS/c1-2-18(10-13-4-3-7-19-13)9-12-8-11(15(17)20)5-6-14(12)16/h3-8H,2,9-10H2,1H3,(H2,17,20). The van der Waals surface area contributed by atoms with Gasteiger partial charge in [0.05, 0.1) is 12.8 Å². The predicted molar refractivity (Wildman–Crippen MR) is 80.8 cm³/mol. The van der Waals surface area contributed by atoms with Gasteiger partial charge in [-0.05, 0) is 36.9 Å². The molecule has 1 aromatic carbocycles. The first kappa shape index (κ1) is 14.7. The SMILES string of the molecule is CCN(Cc1ccco1)Cc1cc(C(N)=S)ccc1F. The molecule has 0 amide bonds. The third-order valence-electron chi connectivity index (χ3n) is 3.13. The summed E-state index contributed by atoms with van der Waals surface area (Å²) in [5, 5.41) is 0. The first-order chi connectivity index (χ1) is 9.60. The fourth-order valence-electron chi connectivity index (χ4n) is 1.99. The van der Waals surface area contributed by atoms with Crippen molar-refractivity contribution in [1.29, 1.82) is 0 Å². The maximum Gasteiger partial charge on any atom is 0.127 e. The van der Waals surface area contributed by atoms with Crippen LogP contribution in [0.5, 0.6) is 0 Å². The molecule has 0 unspecified atom stereocenters. The molecule has 0 saturated carbocycles. The van der Waals surface area contributed by atoms with E-state index in [2.05, 4.69) is 4.90 Å². The van der Waals surface area contributed by atoms with E-state index in [1.54, 1.807) is 18.4 Å². The van der Waals surface area contributed by atoms with Crippen LogP contribution < -0.4 is 5.73 Å². The second kappa shape index (κ2) is 6.63. The first-order valence-electron chi connectivity index (χ1n) is 6.43. The summed E-state index contributed by atoms with van der Waals surface area (Å²) in [7, 11) is 0. The Bertz CT molecular complexity index is 584. The molecule has 1 heterocycles. The van der Waals surface area contributed by atoms with E-state index in [4.69, 9.17) is 22.4 Å². The minimum Gasteiger partial charge on any atom is -0.468 e. The van der Waals surface area contributed by atoms with Crippen molar-refractivity contribution in [3.05, 3.63) is 59.3 Å². The fourth-order valence-corrected chi connectivity index (χ4v) is 2.12. The number of benzene rings is 1. The smallest absolute Gasteiger partial charge is 0.127 e. The molecule has 106 valence electrons. The third kappa shape index (κ3) is 3.65. The molecule has 2 rings (SSSR count). The Morgan fingerprint density at radius 3 is 2.75 bits per heavy atom. The number of halogens is 1. The molecule has 2 aromatic rings. The monoisotopic (exact) mass is 292 g/mol. The maximum atomic E-state index is 13.9. The first-order valence-corrected chi connectivity index (χ1v) is 6.84. The van der Waals surface area contributed by atoms with Gasteiger partial charge in [0, 0.05) is 17.7 Å². The lowest BCUT2D eigenvalue weighted by Gasteiger charge is -2.19. The molecule has 3 nitrogen and oxygen atoms in total. The zero-order valence-electron chi connectivity index (χ0n) is 11.3. The van der Waals surface area contributed by atoms with Gasteiger partial charge in [-0.15, -0.1) is 0 Å². The Kier molecular flexibility index (Phi) is 4.87. The Hall–Kier alpha value is -1.72. The van der Waals surface area contributed by atoms with Gasteiger partial charge in [0.25, 0.3) is 0 Å². The van der Waals surface area contributed by atoms with Crippen molar-refractivity contribution in [3.8, 4) is 0 Å². The van der Waals surface area contributed by atoms with Crippen LogP contribution in [0.15, 0.2) is 41.0 Å². The Labute approximate surface area is 123 Å². The zero-order chi connectivity index (χ0) is 14.5. The molecule has 0 aliphatic rings. The van der Waals surface area contributed by atoms with Crippen LogP contribution in [0.1, 0.15) is 23.8 Å². The van der Waals surface area contributed by atoms with E-state index >= 15 is 0 Å². The van der Waals surface area contributed by atoms with Gasteiger partial charge in [-0.1, -0.05) is 19.1 Å². The summed E-state index contributed by atoms with van der Waals surface area (Å²) in [6.45, 7) is 3.94. The van der Waals surface area contributed by atoms with Crippen molar-refractivity contribution >= 4 is 17.2 Å². The molecule has 1 aromatic heterocycles. The van der Waals surface area contributed by atoms with Gasteiger partial charge in [-0.3, -0.25) is 4.90 Å². The summed E-state index contributed by atoms with van der Waals surface area (Å²) < 4.78 is 19.2. The van der Waals surface area contributed by atoms with E-state index in [1.807, 2.05) is 19.1 Å². The van der Waals surface area contributed by atoms with Gasteiger partial charge in [0.1, 0.15) is 16.6 Å². The number of hydrogen-bond acceptors (Lipinski definition) is 3. The molecule has 0 spiro atoms. The van der Waals surface area contributed by atoms with Gasteiger partial charge in [-0.2, -0.15) is 0 Å². The van der Waals surface area contributed by atoms with E-state index in [9.17, 15) is 4.39 Å². The van der Waals surface area contributed by atoms with Gasteiger partial charge in [0.2, 0.25) is 0 Å². The van der Waals surface area contributed by atoms with Crippen LogP contribution in [0.25, 0.3) is 0 Å². The van der Waals surface area contributed by atoms with Crippen molar-refractivity contribution in [3.63, 3.8) is 0 Å². The van der Waals surface area contributed by atoms with E-state index in [-0.39, 0.29) is 10.8 Å². The molecule has 0 fully saturated rings. The molecular weight excluding hydrogens is 275 g/mol. The van der Waals surface area contributed by atoms with E-state index < -0.39 is 0 Å². The van der Waals surface area contributed by atoms with Gasteiger partial charge in [0.15, 0.2) is 0 Å². The summed E-state index contributed by atoms with van der Waals surface area (Å²) in [5.41, 5.74) is 6.86. The zero-order valence-corrected chi connectivity index (χ0v) is 12.1. The summed E-state index contributed by atoms with van der Waals surface area (Å²) in [6.07, 6.45) is 1.64. The summed E-state index contributed by atoms with van der Waals surface area (Å²) >= 11 is 4.93. The number of hydrogen-bond donors (Lipinski definition) is 1. The Morgan fingerprint density at radius 1 is 1.35 bits per heavy atom. The summed E-state index contributed by atoms with van der Waals surface area (Å²) in [6, 6.07) is 8.47. The average Bonchev–Trinajstić information content (AvgIpc) is 2.92. The van der Waals surface area contributed by atoms with Crippen molar-refractivity contribution in [1.82, 2.24) is 4.90 Å². The molecule has 0 aliphatic carbocycles. The normalized spacial score (nSPS) is 10.9. The highest BCUT2D eigenvalue weighted by Crippen LogP contribution is 2.15. The quantitative estimate of drug-likeness (QED) is 0.831. The lowest BCUT2D eigenvalue weighted by Crippen LogP contribution is -2.23. The average molecular weight is 292 g/mol. The number of thiocarbonyl (C=S) groups is 1. The topological polar surface area (TPSA) is 42.4 Å². The van der Waals surface area contributed by atoms with Crippen LogP contribution in [0, 0.1) is 5.82 Å². The maximum absolute atomic E-state index is 13.9. The van der Waals surface area contributed by atoms with Crippen molar-refractivity contribution < 1.29 is 8.81 Å².